The van der Waals surface area contributed by atoms with Gasteiger partial charge in [-0.15, -0.1) is 0 Å². The van der Waals surface area contributed by atoms with Gasteiger partial charge in [-0.2, -0.15) is 10.2 Å². The molecule has 2 unspecified atom stereocenters. The molecule has 4 aromatic rings. The minimum atomic E-state index is -0.0100. The Labute approximate surface area is 185 Å². The molecule has 2 aromatic heterocycles. The van der Waals surface area contributed by atoms with Crippen molar-refractivity contribution in [2.24, 2.45) is 5.92 Å². The van der Waals surface area contributed by atoms with E-state index in [0.29, 0.717) is 11.6 Å². The monoisotopic (exact) mass is 431 g/mol. The van der Waals surface area contributed by atoms with E-state index >= 15 is 0 Å². The van der Waals surface area contributed by atoms with Crippen LogP contribution in [-0.2, 0) is 17.9 Å². The molecule has 1 N–H and O–H groups in total. The summed E-state index contributed by atoms with van der Waals surface area (Å²) < 4.78 is 3.73. The normalized spacial score (nSPS) is 17.5. The Bertz CT molecular complexity index is 1180. The number of anilines is 1. The SMILES string of the molecule is O=C(Nc1cnn(Cc2ccc(Cn3cccn3)cc2)c1)C1CC1c1cccc(Cl)c1. The van der Waals surface area contributed by atoms with Crippen LogP contribution >= 0.6 is 11.6 Å². The van der Waals surface area contributed by atoms with Gasteiger partial charge in [-0.3, -0.25) is 14.2 Å². The van der Waals surface area contributed by atoms with Crippen LogP contribution in [0.4, 0.5) is 5.69 Å². The van der Waals surface area contributed by atoms with E-state index in [4.69, 9.17) is 11.6 Å². The number of carbonyl (C=O) groups excluding carboxylic acids is 1. The second kappa shape index (κ2) is 8.40. The number of hydrogen-bond donors (Lipinski definition) is 1. The Kier molecular flexibility index (Phi) is 5.30. The summed E-state index contributed by atoms with van der Waals surface area (Å²) in [6, 6.07) is 18.1. The second-order valence-corrected chi connectivity index (χ2v) is 8.38. The van der Waals surface area contributed by atoms with Crippen molar-refractivity contribution in [1.82, 2.24) is 19.6 Å². The van der Waals surface area contributed by atoms with Crippen LogP contribution in [0, 0.1) is 5.92 Å². The third-order valence-corrected chi connectivity index (χ3v) is 5.81. The molecule has 0 bridgehead atoms. The highest BCUT2D eigenvalue weighted by atomic mass is 35.5. The van der Waals surface area contributed by atoms with Gasteiger partial charge in [0.15, 0.2) is 0 Å². The van der Waals surface area contributed by atoms with Crippen LogP contribution in [0.15, 0.2) is 79.4 Å². The summed E-state index contributed by atoms with van der Waals surface area (Å²) >= 11 is 6.07. The molecule has 1 amide bonds. The maximum Gasteiger partial charge on any atom is 0.228 e. The quantitative estimate of drug-likeness (QED) is 0.466. The Hall–Kier alpha value is -3.38. The van der Waals surface area contributed by atoms with E-state index in [2.05, 4.69) is 39.8 Å². The number of amides is 1. The Morgan fingerprint density at radius 2 is 1.81 bits per heavy atom. The van der Waals surface area contributed by atoms with Gasteiger partial charge in [0.2, 0.25) is 5.91 Å². The Morgan fingerprint density at radius 1 is 1.03 bits per heavy atom. The molecule has 2 heterocycles. The minimum absolute atomic E-state index is 0.0100. The predicted octanol–water partition coefficient (Wildman–Crippen LogP) is 4.57. The standard InChI is InChI=1S/C24H22ClN5O/c25-20-4-1-3-19(11-20)22-12-23(22)24(31)28-21-13-27-30(16-21)15-18-7-5-17(6-8-18)14-29-10-2-9-26-29/h1-11,13,16,22-23H,12,14-15H2,(H,28,31). The first-order chi connectivity index (χ1) is 15.1. The molecule has 1 aliphatic carbocycles. The molecule has 1 aliphatic rings. The highest BCUT2D eigenvalue weighted by Gasteiger charge is 2.44. The van der Waals surface area contributed by atoms with Crippen LogP contribution in [0.1, 0.15) is 29.0 Å². The van der Waals surface area contributed by atoms with E-state index in [9.17, 15) is 4.79 Å². The molecule has 7 heteroatoms. The summed E-state index contributed by atoms with van der Waals surface area (Å²) in [5, 5.41) is 12.3. The highest BCUT2D eigenvalue weighted by molar-refractivity contribution is 6.30. The molecule has 0 saturated heterocycles. The van der Waals surface area contributed by atoms with Gasteiger partial charge in [-0.25, -0.2) is 0 Å². The van der Waals surface area contributed by atoms with E-state index in [1.165, 1.54) is 5.56 Å². The first-order valence-corrected chi connectivity index (χ1v) is 10.7. The summed E-state index contributed by atoms with van der Waals surface area (Å²) in [6.45, 7) is 1.40. The zero-order valence-corrected chi connectivity index (χ0v) is 17.6. The van der Waals surface area contributed by atoms with Crippen molar-refractivity contribution in [3.63, 3.8) is 0 Å². The molecule has 0 aliphatic heterocycles. The van der Waals surface area contributed by atoms with E-state index in [1.54, 1.807) is 12.4 Å². The molecule has 0 spiro atoms. The Balaban J connectivity index is 1.16. The Morgan fingerprint density at radius 3 is 2.52 bits per heavy atom. The largest absolute Gasteiger partial charge is 0.323 e. The van der Waals surface area contributed by atoms with Crippen molar-refractivity contribution < 1.29 is 4.79 Å². The van der Waals surface area contributed by atoms with Crippen molar-refractivity contribution in [2.45, 2.75) is 25.4 Å². The molecule has 0 radical (unpaired) electrons. The maximum atomic E-state index is 12.6. The van der Waals surface area contributed by atoms with Crippen LogP contribution in [0.3, 0.4) is 0 Å². The van der Waals surface area contributed by atoms with Gasteiger partial charge in [-0.05, 0) is 47.2 Å². The van der Waals surface area contributed by atoms with E-state index in [1.807, 2.05) is 52.1 Å². The fraction of sp³-hybridized carbons (Fsp3) is 0.208. The summed E-state index contributed by atoms with van der Waals surface area (Å²) in [6.07, 6.45) is 8.15. The molecular formula is C24H22ClN5O. The van der Waals surface area contributed by atoms with Crippen LogP contribution < -0.4 is 5.32 Å². The molecule has 2 aromatic carbocycles. The first-order valence-electron chi connectivity index (χ1n) is 10.3. The number of benzene rings is 2. The minimum Gasteiger partial charge on any atom is -0.323 e. The molecule has 1 saturated carbocycles. The van der Waals surface area contributed by atoms with E-state index in [0.717, 1.165) is 29.8 Å². The lowest BCUT2D eigenvalue weighted by atomic mass is 10.1. The van der Waals surface area contributed by atoms with Crippen molar-refractivity contribution in [3.05, 3.63) is 101 Å². The molecular weight excluding hydrogens is 410 g/mol. The average molecular weight is 432 g/mol. The van der Waals surface area contributed by atoms with Crippen molar-refractivity contribution in [1.29, 1.82) is 0 Å². The van der Waals surface area contributed by atoms with E-state index in [-0.39, 0.29) is 17.7 Å². The molecule has 1 fully saturated rings. The third kappa shape index (κ3) is 4.70. The number of hydrogen-bond acceptors (Lipinski definition) is 3. The van der Waals surface area contributed by atoms with Crippen molar-refractivity contribution in [3.8, 4) is 0 Å². The lowest BCUT2D eigenvalue weighted by Gasteiger charge is -2.05. The van der Waals surface area contributed by atoms with Crippen molar-refractivity contribution >= 4 is 23.2 Å². The lowest BCUT2D eigenvalue weighted by Crippen LogP contribution is -2.14. The zero-order chi connectivity index (χ0) is 21.2. The summed E-state index contributed by atoms with van der Waals surface area (Å²) in [5.74, 6) is 0.269. The predicted molar refractivity (Wildman–Crippen MR) is 120 cm³/mol. The lowest BCUT2D eigenvalue weighted by molar-refractivity contribution is -0.117. The van der Waals surface area contributed by atoms with Gasteiger partial charge in [0.25, 0.3) is 0 Å². The smallest absolute Gasteiger partial charge is 0.228 e. The second-order valence-electron chi connectivity index (χ2n) is 7.94. The average Bonchev–Trinajstić information content (AvgIpc) is 3.19. The number of nitrogens with one attached hydrogen (secondary N) is 1. The number of carbonyl (C=O) groups is 1. The van der Waals surface area contributed by atoms with Crippen molar-refractivity contribution in [2.75, 3.05) is 5.32 Å². The molecule has 2 atom stereocenters. The van der Waals surface area contributed by atoms with Crippen LogP contribution in [-0.4, -0.2) is 25.5 Å². The summed E-state index contributed by atoms with van der Waals surface area (Å²) in [7, 11) is 0. The number of rotatable bonds is 7. The first kappa shape index (κ1) is 19.6. The van der Waals surface area contributed by atoms with Crippen LogP contribution in [0.25, 0.3) is 0 Å². The molecule has 31 heavy (non-hydrogen) atoms. The fourth-order valence-electron chi connectivity index (χ4n) is 3.86. The molecule has 5 rings (SSSR count). The number of aromatic nitrogens is 4. The number of nitrogens with zero attached hydrogens (tertiary/aromatic N) is 4. The summed E-state index contributed by atoms with van der Waals surface area (Å²) in [5.41, 5.74) is 4.18. The van der Waals surface area contributed by atoms with Crippen LogP contribution in [0.2, 0.25) is 5.02 Å². The maximum absolute atomic E-state index is 12.6. The zero-order valence-electron chi connectivity index (χ0n) is 16.9. The van der Waals surface area contributed by atoms with Crippen LogP contribution in [0.5, 0.6) is 0 Å². The molecule has 156 valence electrons. The third-order valence-electron chi connectivity index (χ3n) is 5.58. The van der Waals surface area contributed by atoms with E-state index < -0.39 is 0 Å². The van der Waals surface area contributed by atoms with Gasteiger partial charge in [0, 0.05) is 29.5 Å². The molecule has 6 nitrogen and oxygen atoms in total. The van der Waals surface area contributed by atoms with Gasteiger partial charge in [0.05, 0.1) is 25.0 Å². The topological polar surface area (TPSA) is 64.7 Å². The fourth-order valence-corrected chi connectivity index (χ4v) is 4.06. The highest BCUT2D eigenvalue weighted by Crippen LogP contribution is 2.48. The van der Waals surface area contributed by atoms with Gasteiger partial charge >= 0.3 is 0 Å². The van der Waals surface area contributed by atoms with Gasteiger partial charge < -0.3 is 5.32 Å². The number of halogens is 1. The van der Waals surface area contributed by atoms with Gasteiger partial charge in [-0.1, -0.05) is 48.0 Å². The summed E-state index contributed by atoms with van der Waals surface area (Å²) in [4.78, 5) is 12.6. The van der Waals surface area contributed by atoms with Gasteiger partial charge in [0.1, 0.15) is 0 Å².